The quantitative estimate of drug-likeness (QED) is 0.886. The Morgan fingerprint density at radius 1 is 1.24 bits per heavy atom. The molecule has 0 spiro atoms. The zero-order valence-corrected chi connectivity index (χ0v) is 12.0. The Balaban J connectivity index is 2.11. The molecule has 0 atom stereocenters. The molecule has 1 saturated carbocycles. The van der Waals surface area contributed by atoms with Crippen LogP contribution in [0.25, 0.3) is 11.1 Å². The number of rotatable bonds is 3. The molecule has 1 N–H and O–H groups in total. The van der Waals surface area contributed by atoms with Crippen LogP contribution in [0, 0.1) is 11.7 Å². The number of nitrogens with one attached hydrogen (secondary N) is 1. The summed E-state index contributed by atoms with van der Waals surface area (Å²) in [7, 11) is 0. The normalized spacial score (nSPS) is 15.0. The number of aromatic nitrogens is 2. The first kappa shape index (κ1) is 14.1. The van der Waals surface area contributed by atoms with Crippen molar-refractivity contribution in [1.82, 2.24) is 9.55 Å². The maximum absolute atomic E-state index is 13.0. The lowest BCUT2D eigenvalue weighted by Crippen LogP contribution is -2.39. The van der Waals surface area contributed by atoms with Crippen LogP contribution in [0.1, 0.15) is 19.3 Å². The van der Waals surface area contributed by atoms with Crippen LogP contribution in [0.2, 0.25) is 5.15 Å². The third kappa shape index (κ3) is 2.65. The van der Waals surface area contributed by atoms with Gasteiger partial charge >= 0.3 is 5.69 Å². The Bertz CT molecular complexity index is 776. The highest BCUT2D eigenvalue weighted by Gasteiger charge is 2.21. The minimum Gasteiger partial charge on any atom is -0.297 e. The van der Waals surface area contributed by atoms with Crippen molar-refractivity contribution in [3.63, 3.8) is 0 Å². The molecule has 6 heteroatoms. The smallest absolute Gasteiger partial charge is 0.297 e. The minimum atomic E-state index is -0.497. The van der Waals surface area contributed by atoms with E-state index in [9.17, 15) is 14.0 Å². The zero-order valence-electron chi connectivity index (χ0n) is 11.2. The maximum Gasteiger partial charge on any atom is 0.329 e. The van der Waals surface area contributed by atoms with Crippen LogP contribution in [0.3, 0.4) is 0 Å². The highest BCUT2D eigenvalue weighted by Crippen LogP contribution is 2.27. The fourth-order valence-corrected chi connectivity index (χ4v) is 2.78. The molecule has 0 amide bonds. The predicted octanol–water partition coefficient (Wildman–Crippen LogP) is 2.80. The van der Waals surface area contributed by atoms with Gasteiger partial charge in [0.15, 0.2) is 0 Å². The van der Waals surface area contributed by atoms with Crippen LogP contribution in [0.5, 0.6) is 0 Å². The fourth-order valence-electron chi connectivity index (χ4n) is 2.51. The molecule has 0 unspecified atom stereocenters. The SMILES string of the molecule is O=c1[nH]c(Cl)c(-c2ccc(F)cc2)c(=O)n1CC1CCC1. The highest BCUT2D eigenvalue weighted by molar-refractivity contribution is 6.32. The summed E-state index contributed by atoms with van der Waals surface area (Å²) in [6.45, 7) is 0.402. The third-order valence-electron chi connectivity index (χ3n) is 3.94. The number of benzene rings is 1. The van der Waals surface area contributed by atoms with Gasteiger partial charge in [0.2, 0.25) is 0 Å². The number of aromatic amines is 1. The van der Waals surface area contributed by atoms with Gasteiger partial charge in [0.1, 0.15) is 11.0 Å². The summed E-state index contributed by atoms with van der Waals surface area (Å²) in [5, 5.41) is -0.0125. The molecular weight excluding hydrogens is 295 g/mol. The molecule has 1 aliphatic rings. The second kappa shape index (κ2) is 5.48. The molecule has 21 heavy (non-hydrogen) atoms. The molecule has 1 heterocycles. The second-order valence-corrected chi connectivity index (χ2v) is 5.72. The number of nitrogens with zero attached hydrogens (tertiary/aromatic N) is 1. The molecule has 0 bridgehead atoms. The van der Waals surface area contributed by atoms with Crippen molar-refractivity contribution in [1.29, 1.82) is 0 Å². The monoisotopic (exact) mass is 308 g/mol. The lowest BCUT2D eigenvalue weighted by molar-refractivity contribution is 0.270. The summed E-state index contributed by atoms with van der Waals surface area (Å²) in [5.74, 6) is -0.0277. The maximum atomic E-state index is 13.0. The van der Waals surface area contributed by atoms with Crippen molar-refractivity contribution in [2.75, 3.05) is 0 Å². The van der Waals surface area contributed by atoms with Gasteiger partial charge in [0.05, 0.1) is 5.56 Å². The second-order valence-electron chi connectivity index (χ2n) is 5.34. The molecule has 0 radical (unpaired) electrons. The van der Waals surface area contributed by atoms with Crippen LogP contribution < -0.4 is 11.2 Å². The Morgan fingerprint density at radius 3 is 2.48 bits per heavy atom. The van der Waals surface area contributed by atoms with E-state index >= 15 is 0 Å². The van der Waals surface area contributed by atoms with Crippen molar-refractivity contribution in [2.45, 2.75) is 25.8 Å². The molecule has 1 aromatic carbocycles. The Labute approximate surface area is 125 Å². The average Bonchev–Trinajstić information content (AvgIpc) is 2.38. The van der Waals surface area contributed by atoms with E-state index in [1.165, 1.54) is 28.8 Å². The molecule has 4 nitrogen and oxygen atoms in total. The standard InChI is InChI=1S/C15H14ClFN2O2/c16-13-12(10-4-6-11(17)7-5-10)14(20)19(15(21)18-13)8-9-2-1-3-9/h4-7,9H,1-3,8H2,(H,18,21). The summed E-state index contributed by atoms with van der Waals surface area (Å²) in [4.78, 5) is 27.0. The van der Waals surface area contributed by atoms with Crippen molar-refractivity contribution in [3.8, 4) is 11.1 Å². The Morgan fingerprint density at radius 2 is 1.90 bits per heavy atom. The van der Waals surface area contributed by atoms with Crippen molar-refractivity contribution >= 4 is 11.6 Å². The van der Waals surface area contributed by atoms with Gasteiger partial charge in [-0.15, -0.1) is 0 Å². The van der Waals surface area contributed by atoms with E-state index in [0.29, 0.717) is 18.0 Å². The van der Waals surface area contributed by atoms with E-state index in [0.717, 1.165) is 19.3 Å². The first-order valence-corrected chi connectivity index (χ1v) is 7.22. The minimum absolute atomic E-state index is 0.0125. The molecule has 1 aromatic heterocycles. The summed E-state index contributed by atoms with van der Waals surface area (Å²) in [5.41, 5.74) is -0.231. The third-order valence-corrected chi connectivity index (χ3v) is 4.22. The number of hydrogen-bond acceptors (Lipinski definition) is 2. The zero-order chi connectivity index (χ0) is 15.0. The Hall–Kier alpha value is -1.88. The predicted molar refractivity (Wildman–Crippen MR) is 79.1 cm³/mol. The topological polar surface area (TPSA) is 54.9 Å². The van der Waals surface area contributed by atoms with E-state index in [-0.39, 0.29) is 10.7 Å². The van der Waals surface area contributed by atoms with Crippen LogP contribution in [0.4, 0.5) is 4.39 Å². The van der Waals surface area contributed by atoms with E-state index in [1.807, 2.05) is 0 Å². The summed E-state index contributed by atoms with van der Waals surface area (Å²) < 4.78 is 14.2. The van der Waals surface area contributed by atoms with Gasteiger partial charge in [-0.3, -0.25) is 14.3 Å². The number of halogens is 2. The molecular formula is C15H14ClFN2O2. The van der Waals surface area contributed by atoms with Gasteiger partial charge in [-0.25, -0.2) is 9.18 Å². The average molecular weight is 309 g/mol. The van der Waals surface area contributed by atoms with E-state index in [4.69, 9.17) is 11.6 Å². The highest BCUT2D eigenvalue weighted by atomic mass is 35.5. The van der Waals surface area contributed by atoms with Crippen LogP contribution in [-0.4, -0.2) is 9.55 Å². The van der Waals surface area contributed by atoms with E-state index < -0.39 is 17.1 Å². The van der Waals surface area contributed by atoms with Gasteiger partial charge < -0.3 is 0 Å². The molecule has 1 aliphatic carbocycles. The van der Waals surface area contributed by atoms with E-state index in [2.05, 4.69) is 4.98 Å². The van der Waals surface area contributed by atoms with Gasteiger partial charge in [-0.05, 0) is 36.5 Å². The van der Waals surface area contributed by atoms with Gasteiger partial charge in [0, 0.05) is 6.54 Å². The Kier molecular flexibility index (Phi) is 3.68. The largest absolute Gasteiger partial charge is 0.329 e. The molecule has 1 fully saturated rings. The molecule has 0 saturated heterocycles. The lowest BCUT2D eigenvalue weighted by Gasteiger charge is -2.25. The van der Waals surface area contributed by atoms with E-state index in [1.54, 1.807) is 0 Å². The summed E-state index contributed by atoms with van der Waals surface area (Å²) in [6, 6.07) is 5.47. The van der Waals surface area contributed by atoms with Crippen LogP contribution >= 0.6 is 11.6 Å². The molecule has 3 rings (SSSR count). The first-order valence-electron chi connectivity index (χ1n) is 6.85. The lowest BCUT2D eigenvalue weighted by atomic mass is 9.85. The van der Waals surface area contributed by atoms with Gasteiger partial charge in [-0.2, -0.15) is 0 Å². The van der Waals surface area contributed by atoms with Crippen molar-refractivity contribution in [2.24, 2.45) is 5.92 Å². The molecule has 110 valence electrons. The molecule has 2 aromatic rings. The molecule has 0 aliphatic heterocycles. The van der Waals surface area contributed by atoms with Gasteiger partial charge in [0.25, 0.3) is 5.56 Å². The first-order chi connectivity index (χ1) is 10.1. The number of hydrogen-bond donors (Lipinski definition) is 1. The van der Waals surface area contributed by atoms with Gasteiger partial charge in [-0.1, -0.05) is 30.2 Å². The van der Waals surface area contributed by atoms with Crippen LogP contribution in [-0.2, 0) is 6.54 Å². The summed E-state index contributed by atoms with van der Waals surface area (Å²) >= 11 is 6.00. The summed E-state index contributed by atoms with van der Waals surface area (Å²) in [6.07, 6.45) is 3.19. The van der Waals surface area contributed by atoms with Crippen molar-refractivity contribution < 1.29 is 4.39 Å². The van der Waals surface area contributed by atoms with Crippen molar-refractivity contribution in [3.05, 3.63) is 56.1 Å². The number of H-pyrrole nitrogens is 1. The van der Waals surface area contributed by atoms with Crippen LogP contribution in [0.15, 0.2) is 33.9 Å². The fraction of sp³-hybridized carbons (Fsp3) is 0.333.